The SMILES string of the molecule is CC(C)(C)c1cc(F)c(C(=O)Cl)c(Br)c1. The average molecular weight is 294 g/mol. The second-order valence-corrected chi connectivity index (χ2v) is 5.54. The number of hydrogen-bond acceptors (Lipinski definition) is 1. The Morgan fingerprint density at radius 3 is 2.27 bits per heavy atom. The quantitative estimate of drug-likeness (QED) is 0.707. The van der Waals surface area contributed by atoms with Crippen molar-refractivity contribution in [1.29, 1.82) is 0 Å². The molecule has 4 heteroatoms. The van der Waals surface area contributed by atoms with E-state index in [4.69, 9.17) is 11.6 Å². The maximum atomic E-state index is 13.6. The van der Waals surface area contributed by atoms with Gasteiger partial charge in [-0.05, 0) is 50.6 Å². The zero-order valence-electron chi connectivity index (χ0n) is 8.70. The molecule has 0 bridgehead atoms. The van der Waals surface area contributed by atoms with Crippen molar-refractivity contribution in [2.45, 2.75) is 26.2 Å². The molecule has 0 N–H and O–H groups in total. The Kier molecular flexibility index (Phi) is 3.56. The molecule has 0 saturated carbocycles. The molecule has 0 amide bonds. The fraction of sp³-hybridized carbons (Fsp3) is 0.364. The standard InChI is InChI=1S/C11H11BrClFO/c1-11(2,3)6-4-7(12)9(10(13)15)8(14)5-6/h4-5H,1-3H3. The lowest BCUT2D eigenvalue weighted by molar-refractivity contribution is 0.107. The summed E-state index contributed by atoms with van der Waals surface area (Å²) in [4.78, 5) is 10.9. The monoisotopic (exact) mass is 292 g/mol. The van der Waals surface area contributed by atoms with Gasteiger partial charge in [0.1, 0.15) is 5.82 Å². The van der Waals surface area contributed by atoms with Crippen LogP contribution in [0.15, 0.2) is 16.6 Å². The van der Waals surface area contributed by atoms with Gasteiger partial charge in [-0.15, -0.1) is 0 Å². The lowest BCUT2D eigenvalue weighted by Crippen LogP contribution is -2.12. The second-order valence-electron chi connectivity index (χ2n) is 4.34. The molecule has 82 valence electrons. The maximum Gasteiger partial charge on any atom is 0.256 e. The van der Waals surface area contributed by atoms with Crippen LogP contribution in [0.4, 0.5) is 4.39 Å². The lowest BCUT2D eigenvalue weighted by Gasteiger charge is -2.20. The van der Waals surface area contributed by atoms with Crippen LogP contribution < -0.4 is 0 Å². The molecule has 0 aliphatic rings. The highest BCUT2D eigenvalue weighted by molar-refractivity contribution is 9.10. The molecule has 15 heavy (non-hydrogen) atoms. The van der Waals surface area contributed by atoms with Gasteiger partial charge in [0.15, 0.2) is 0 Å². The summed E-state index contributed by atoms with van der Waals surface area (Å²) in [7, 11) is 0. The van der Waals surface area contributed by atoms with E-state index in [1.54, 1.807) is 6.07 Å². The summed E-state index contributed by atoms with van der Waals surface area (Å²) >= 11 is 8.42. The zero-order valence-corrected chi connectivity index (χ0v) is 11.0. The van der Waals surface area contributed by atoms with Gasteiger partial charge in [-0.25, -0.2) is 4.39 Å². The minimum atomic E-state index is -0.792. The van der Waals surface area contributed by atoms with E-state index >= 15 is 0 Å². The highest BCUT2D eigenvalue weighted by Gasteiger charge is 2.20. The third kappa shape index (κ3) is 2.79. The van der Waals surface area contributed by atoms with Crippen LogP contribution >= 0.6 is 27.5 Å². The van der Waals surface area contributed by atoms with Crippen LogP contribution in [-0.4, -0.2) is 5.24 Å². The molecule has 0 atom stereocenters. The molecule has 1 nitrogen and oxygen atoms in total. The minimum absolute atomic E-state index is 0.107. The first kappa shape index (κ1) is 12.7. The molecule has 1 rings (SSSR count). The third-order valence-electron chi connectivity index (χ3n) is 2.10. The molecule has 0 aromatic heterocycles. The van der Waals surface area contributed by atoms with E-state index in [0.29, 0.717) is 4.47 Å². The third-order valence-corrected chi connectivity index (χ3v) is 2.92. The molecule has 1 aromatic carbocycles. The summed E-state index contributed by atoms with van der Waals surface area (Å²) in [5, 5.41) is -0.792. The van der Waals surface area contributed by atoms with Gasteiger partial charge in [0, 0.05) is 4.47 Å². The molecule has 0 fully saturated rings. The summed E-state index contributed by atoms with van der Waals surface area (Å²) in [6.07, 6.45) is 0. The van der Waals surface area contributed by atoms with Crippen molar-refractivity contribution in [2.24, 2.45) is 0 Å². The van der Waals surface area contributed by atoms with E-state index in [0.717, 1.165) is 5.56 Å². The van der Waals surface area contributed by atoms with Gasteiger partial charge < -0.3 is 0 Å². The molecule has 0 unspecified atom stereocenters. The van der Waals surface area contributed by atoms with Gasteiger partial charge in [-0.1, -0.05) is 20.8 Å². The highest BCUT2D eigenvalue weighted by atomic mass is 79.9. The first-order valence-electron chi connectivity index (χ1n) is 4.43. The fourth-order valence-electron chi connectivity index (χ4n) is 1.19. The van der Waals surface area contributed by atoms with E-state index in [-0.39, 0.29) is 11.0 Å². The Hall–Kier alpha value is -0.410. The molecule has 1 aromatic rings. The first-order valence-corrected chi connectivity index (χ1v) is 5.60. The van der Waals surface area contributed by atoms with Crippen molar-refractivity contribution in [3.63, 3.8) is 0 Å². The van der Waals surface area contributed by atoms with Crippen LogP contribution in [0.5, 0.6) is 0 Å². The van der Waals surface area contributed by atoms with Gasteiger partial charge in [0.25, 0.3) is 5.24 Å². The van der Waals surface area contributed by atoms with E-state index in [9.17, 15) is 9.18 Å². The number of rotatable bonds is 1. The predicted molar refractivity (Wildman–Crippen MR) is 63.0 cm³/mol. The van der Waals surface area contributed by atoms with Crippen molar-refractivity contribution < 1.29 is 9.18 Å². The second kappa shape index (κ2) is 4.22. The molecule has 0 aliphatic carbocycles. The van der Waals surface area contributed by atoms with Gasteiger partial charge >= 0.3 is 0 Å². The van der Waals surface area contributed by atoms with Gasteiger partial charge in [0.2, 0.25) is 0 Å². The Labute approximate surface area is 102 Å². The summed E-state index contributed by atoms with van der Waals surface area (Å²) in [5.41, 5.74) is 0.537. The van der Waals surface area contributed by atoms with E-state index in [1.807, 2.05) is 20.8 Å². The fourth-order valence-corrected chi connectivity index (χ4v) is 2.12. The van der Waals surface area contributed by atoms with Gasteiger partial charge in [0.05, 0.1) is 5.56 Å². The number of carbonyl (C=O) groups excluding carboxylic acids is 1. The summed E-state index contributed by atoms with van der Waals surface area (Å²) in [6, 6.07) is 3.07. The topological polar surface area (TPSA) is 17.1 Å². The molecular weight excluding hydrogens is 282 g/mol. The Balaban J connectivity index is 3.39. The summed E-state index contributed by atoms with van der Waals surface area (Å²) in [6.45, 7) is 5.91. The van der Waals surface area contributed by atoms with E-state index < -0.39 is 11.1 Å². The number of halogens is 3. The number of carbonyl (C=O) groups is 1. The van der Waals surface area contributed by atoms with Crippen LogP contribution in [0.2, 0.25) is 0 Å². The highest BCUT2D eigenvalue weighted by Crippen LogP contribution is 2.30. The van der Waals surface area contributed by atoms with Crippen molar-refractivity contribution in [3.8, 4) is 0 Å². The first-order chi connectivity index (χ1) is 6.73. The van der Waals surface area contributed by atoms with Crippen LogP contribution in [0.25, 0.3) is 0 Å². The van der Waals surface area contributed by atoms with Gasteiger partial charge in [-0.3, -0.25) is 4.79 Å². The zero-order chi connectivity index (χ0) is 11.8. The predicted octanol–water partition coefficient (Wildman–Crippen LogP) is 4.26. The average Bonchev–Trinajstić information content (AvgIpc) is 1.99. The van der Waals surface area contributed by atoms with Crippen LogP contribution in [-0.2, 0) is 5.41 Å². The lowest BCUT2D eigenvalue weighted by atomic mass is 9.86. The molecule has 0 aliphatic heterocycles. The molecular formula is C11H11BrClFO. The van der Waals surface area contributed by atoms with E-state index in [2.05, 4.69) is 15.9 Å². The maximum absolute atomic E-state index is 13.6. The Morgan fingerprint density at radius 2 is 1.93 bits per heavy atom. The largest absolute Gasteiger partial charge is 0.275 e. The smallest absolute Gasteiger partial charge is 0.256 e. The number of hydrogen-bond donors (Lipinski definition) is 0. The Morgan fingerprint density at radius 1 is 1.40 bits per heavy atom. The minimum Gasteiger partial charge on any atom is -0.275 e. The normalized spacial score (nSPS) is 11.6. The van der Waals surface area contributed by atoms with Crippen LogP contribution in [0.3, 0.4) is 0 Å². The molecule has 0 heterocycles. The van der Waals surface area contributed by atoms with E-state index in [1.165, 1.54) is 6.07 Å². The van der Waals surface area contributed by atoms with Crippen molar-refractivity contribution in [1.82, 2.24) is 0 Å². The van der Waals surface area contributed by atoms with Crippen LogP contribution in [0.1, 0.15) is 36.7 Å². The van der Waals surface area contributed by atoms with Gasteiger partial charge in [-0.2, -0.15) is 0 Å². The summed E-state index contributed by atoms with van der Waals surface area (Å²) in [5.74, 6) is -0.589. The van der Waals surface area contributed by atoms with Crippen molar-refractivity contribution in [3.05, 3.63) is 33.5 Å². The van der Waals surface area contributed by atoms with Crippen molar-refractivity contribution in [2.75, 3.05) is 0 Å². The molecule has 0 spiro atoms. The summed E-state index contributed by atoms with van der Waals surface area (Å²) < 4.78 is 14.0. The number of benzene rings is 1. The Bertz CT molecular complexity index is 387. The molecule has 0 radical (unpaired) electrons. The van der Waals surface area contributed by atoms with Crippen LogP contribution in [0, 0.1) is 5.82 Å². The molecule has 0 saturated heterocycles. The van der Waals surface area contributed by atoms with Crippen molar-refractivity contribution >= 4 is 32.8 Å².